The third kappa shape index (κ3) is 7.15. The van der Waals surface area contributed by atoms with E-state index in [0.717, 1.165) is 28.5 Å². The second-order valence-corrected chi connectivity index (χ2v) is 10.6. The summed E-state index contributed by atoms with van der Waals surface area (Å²) in [6, 6.07) is 16.7. The van der Waals surface area contributed by atoms with Crippen molar-refractivity contribution in [2.24, 2.45) is 0 Å². The Bertz CT molecular complexity index is 1050. The molecular weight excluding hydrogens is 482 g/mol. The minimum absolute atomic E-state index is 0.0866. The number of carbonyl (C=O) groups excluding carboxylic acids is 1. The molecule has 3 aromatic rings. The van der Waals surface area contributed by atoms with Gasteiger partial charge >= 0.3 is 0 Å². The summed E-state index contributed by atoms with van der Waals surface area (Å²) in [7, 11) is 0. The van der Waals surface area contributed by atoms with Crippen molar-refractivity contribution in [2.75, 3.05) is 13.1 Å². The van der Waals surface area contributed by atoms with Crippen LogP contribution in [0.4, 0.5) is 0 Å². The molecule has 3 aromatic carbocycles. The Hall–Kier alpha value is -1.71. The van der Waals surface area contributed by atoms with Gasteiger partial charge in [-0.05, 0) is 66.5 Å². The van der Waals surface area contributed by atoms with E-state index in [1.807, 2.05) is 6.07 Å². The zero-order chi connectivity index (χ0) is 24.3. The van der Waals surface area contributed by atoms with Gasteiger partial charge in [-0.2, -0.15) is 0 Å². The van der Waals surface area contributed by atoms with Crippen molar-refractivity contribution in [1.29, 1.82) is 0 Å². The van der Waals surface area contributed by atoms with E-state index in [2.05, 4.69) is 84.1 Å². The van der Waals surface area contributed by atoms with Gasteiger partial charge in [-0.15, -0.1) is 0 Å². The van der Waals surface area contributed by atoms with Crippen molar-refractivity contribution < 1.29 is 4.79 Å². The van der Waals surface area contributed by atoms with Crippen molar-refractivity contribution in [2.45, 2.75) is 91.0 Å². The van der Waals surface area contributed by atoms with Crippen LogP contribution in [-0.4, -0.2) is 29.8 Å². The lowest BCUT2D eigenvalue weighted by Crippen LogP contribution is -2.40. The molecule has 0 N–H and O–H groups in total. The molecule has 0 aromatic heterocycles. The Morgan fingerprint density at radius 2 is 1.35 bits per heavy atom. The molecule has 0 amide bonds. The van der Waals surface area contributed by atoms with E-state index in [1.165, 1.54) is 80.4 Å². The molecule has 0 aliphatic rings. The molecule has 0 aliphatic heterocycles. The predicted molar refractivity (Wildman–Crippen MR) is 152 cm³/mol. The predicted octanol–water partition coefficient (Wildman–Crippen LogP) is 9.57. The van der Waals surface area contributed by atoms with Crippen LogP contribution in [0.1, 0.15) is 95.3 Å². The molecule has 0 fully saturated rings. The molecule has 0 spiro atoms. The molecule has 1 atom stereocenters. The standard InChI is InChI=1S/C31H42BrNO/c1-4-6-8-10-14-20-33(21-15-11-9-7-5-2)24(3)31(34)26-19-18-25-23-30(32)28-17-13-12-16-27(28)29(25)22-26/h12-13,16-19,22-24H,4-11,14-15,20-21H2,1-3H3. The van der Waals surface area contributed by atoms with Crippen LogP contribution in [0.5, 0.6) is 0 Å². The van der Waals surface area contributed by atoms with Gasteiger partial charge in [-0.1, -0.05) is 118 Å². The highest BCUT2D eigenvalue weighted by Crippen LogP contribution is 2.32. The first kappa shape index (κ1) is 26.9. The minimum atomic E-state index is -0.0866. The van der Waals surface area contributed by atoms with Crippen LogP contribution in [0.3, 0.4) is 0 Å². The highest BCUT2D eigenvalue weighted by atomic mass is 79.9. The molecule has 3 rings (SSSR count). The highest BCUT2D eigenvalue weighted by molar-refractivity contribution is 9.10. The van der Waals surface area contributed by atoms with Crippen LogP contribution in [0, 0.1) is 0 Å². The monoisotopic (exact) mass is 523 g/mol. The lowest BCUT2D eigenvalue weighted by atomic mass is 9.96. The Morgan fingerprint density at radius 1 is 0.765 bits per heavy atom. The first-order chi connectivity index (χ1) is 16.6. The molecule has 2 nitrogen and oxygen atoms in total. The molecule has 34 heavy (non-hydrogen) atoms. The van der Waals surface area contributed by atoms with Gasteiger partial charge in [0.15, 0.2) is 5.78 Å². The van der Waals surface area contributed by atoms with Crippen molar-refractivity contribution in [1.82, 2.24) is 4.90 Å². The summed E-state index contributed by atoms with van der Waals surface area (Å²) in [5, 5.41) is 4.70. The van der Waals surface area contributed by atoms with E-state index in [-0.39, 0.29) is 11.8 Å². The number of rotatable bonds is 15. The maximum Gasteiger partial charge on any atom is 0.179 e. The topological polar surface area (TPSA) is 20.3 Å². The fourth-order valence-electron chi connectivity index (χ4n) is 4.95. The molecule has 0 bridgehead atoms. The Balaban J connectivity index is 1.77. The Labute approximate surface area is 215 Å². The van der Waals surface area contributed by atoms with Crippen LogP contribution in [0.15, 0.2) is 53.0 Å². The molecule has 0 aliphatic carbocycles. The van der Waals surface area contributed by atoms with E-state index >= 15 is 0 Å². The third-order valence-corrected chi connectivity index (χ3v) is 7.78. The lowest BCUT2D eigenvalue weighted by molar-refractivity contribution is 0.0832. The average molecular weight is 525 g/mol. The molecular formula is C31H42BrNO. The highest BCUT2D eigenvalue weighted by Gasteiger charge is 2.22. The second kappa shape index (κ2) is 14.0. The zero-order valence-corrected chi connectivity index (χ0v) is 23.0. The number of fused-ring (bicyclic) bond motifs is 3. The quantitative estimate of drug-likeness (QED) is 0.112. The summed E-state index contributed by atoms with van der Waals surface area (Å²) in [5.74, 6) is 0.246. The average Bonchev–Trinajstić information content (AvgIpc) is 2.86. The molecule has 0 saturated carbocycles. The van der Waals surface area contributed by atoms with Crippen LogP contribution in [0.2, 0.25) is 0 Å². The summed E-state index contributed by atoms with van der Waals surface area (Å²) in [4.78, 5) is 16.1. The van der Waals surface area contributed by atoms with Crippen LogP contribution in [-0.2, 0) is 0 Å². The van der Waals surface area contributed by atoms with Gasteiger partial charge < -0.3 is 0 Å². The van der Waals surface area contributed by atoms with Crippen molar-refractivity contribution >= 4 is 43.3 Å². The third-order valence-electron chi connectivity index (χ3n) is 7.12. The minimum Gasteiger partial charge on any atom is -0.294 e. The SMILES string of the molecule is CCCCCCCN(CCCCCCC)C(C)C(=O)c1ccc2cc(Br)c3ccccc3c2c1. The molecule has 3 heteroatoms. The number of hydrogen-bond acceptors (Lipinski definition) is 2. The van der Waals surface area contributed by atoms with Gasteiger partial charge in [0.1, 0.15) is 0 Å². The summed E-state index contributed by atoms with van der Waals surface area (Å²) in [5.41, 5.74) is 0.828. The number of benzene rings is 3. The van der Waals surface area contributed by atoms with Gasteiger partial charge in [-0.3, -0.25) is 9.69 Å². The number of carbonyl (C=O) groups is 1. The van der Waals surface area contributed by atoms with Crippen molar-refractivity contribution in [3.05, 3.63) is 58.6 Å². The fourth-order valence-corrected chi connectivity index (χ4v) is 5.54. The largest absolute Gasteiger partial charge is 0.294 e. The molecule has 1 unspecified atom stereocenters. The van der Waals surface area contributed by atoms with Gasteiger partial charge in [0.25, 0.3) is 0 Å². The van der Waals surface area contributed by atoms with Crippen molar-refractivity contribution in [3.8, 4) is 0 Å². The fraction of sp³-hybridized carbons (Fsp3) is 0.516. The van der Waals surface area contributed by atoms with Crippen LogP contribution < -0.4 is 0 Å². The summed E-state index contributed by atoms with van der Waals surface area (Å²) in [6.07, 6.45) is 12.7. The second-order valence-electron chi connectivity index (χ2n) is 9.74. The van der Waals surface area contributed by atoms with Crippen LogP contribution in [0.25, 0.3) is 21.5 Å². The van der Waals surface area contributed by atoms with Gasteiger partial charge in [0.05, 0.1) is 6.04 Å². The summed E-state index contributed by atoms with van der Waals surface area (Å²) >= 11 is 3.71. The van der Waals surface area contributed by atoms with Crippen LogP contribution >= 0.6 is 15.9 Å². The first-order valence-corrected chi connectivity index (χ1v) is 14.2. The van der Waals surface area contributed by atoms with E-state index in [1.54, 1.807) is 0 Å². The van der Waals surface area contributed by atoms with Gasteiger partial charge in [0.2, 0.25) is 0 Å². The van der Waals surface area contributed by atoms with E-state index in [0.29, 0.717) is 0 Å². The van der Waals surface area contributed by atoms with E-state index < -0.39 is 0 Å². The number of Topliss-reactive ketones (excluding diaryl/α,β-unsaturated/α-hetero) is 1. The summed E-state index contributed by atoms with van der Waals surface area (Å²) in [6.45, 7) is 8.68. The Kier molecular flexibility index (Phi) is 11.1. The van der Waals surface area contributed by atoms with E-state index in [4.69, 9.17) is 0 Å². The molecule has 0 heterocycles. The smallest absolute Gasteiger partial charge is 0.179 e. The molecule has 0 radical (unpaired) electrons. The van der Waals surface area contributed by atoms with Gasteiger partial charge in [-0.25, -0.2) is 0 Å². The maximum absolute atomic E-state index is 13.7. The molecule has 0 saturated heterocycles. The maximum atomic E-state index is 13.7. The number of nitrogens with zero attached hydrogens (tertiary/aromatic N) is 1. The van der Waals surface area contributed by atoms with E-state index in [9.17, 15) is 4.79 Å². The molecule has 184 valence electrons. The van der Waals surface area contributed by atoms with Crippen molar-refractivity contribution in [3.63, 3.8) is 0 Å². The summed E-state index contributed by atoms with van der Waals surface area (Å²) < 4.78 is 1.10. The Morgan fingerprint density at radius 3 is 1.97 bits per heavy atom. The normalized spacial score (nSPS) is 12.6. The number of ketones is 1. The lowest BCUT2D eigenvalue weighted by Gasteiger charge is -2.28. The number of unbranched alkanes of at least 4 members (excludes halogenated alkanes) is 8. The number of halogens is 1. The zero-order valence-electron chi connectivity index (χ0n) is 21.4. The van der Waals surface area contributed by atoms with Gasteiger partial charge in [0, 0.05) is 10.0 Å². The first-order valence-electron chi connectivity index (χ1n) is 13.5. The number of hydrogen-bond donors (Lipinski definition) is 0.